The van der Waals surface area contributed by atoms with Crippen molar-refractivity contribution in [3.63, 3.8) is 0 Å². The third kappa shape index (κ3) is 73.2. The van der Waals surface area contributed by atoms with Gasteiger partial charge in [0.05, 0.1) is 83.5 Å². The van der Waals surface area contributed by atoms with Crippen LogP contribution < -0.4 is 81.6 Å². The van der Waals surface area contributed by atoms with Crippen molar-refractivity contribution in [3.05, 3.63) is 201 Å². The maximum atomic E-state index is 12.3. The van der Waals surface area contributed by atoms with Crippen molar-refractivity contribution in [3.8, 4) is 0 Å². The Balaban J connectivity index is -0.000000179. The molecule has 132 heavy (non-hydrogen) atoms. The summed E-state index contributed by atoms with van der Waals surface area (Å²) in [5, 5.41) is 5.18. The topological polar surface area (TPSA) is 628 Å². The number of anilines is 8. The average Bonchev–Trinajstić information content (AvgIpc) is 0.841. The largest absolute Gasteiger partial charge is 1.00 e. The molecule has 0 saturated heterocycles. The Morgan fingerprint density at radius 1 is 0.439 bits per heavy atom. The molecular formula is C70H84Cl15F2I2N27NaO9S6-. The summed E-state index contributed by atoms with van der Waals surface area (Å²) in [5.41, 5.74) is 43.5. The quantitative estimate of drug-likeness (QED) is 0.00625. The molecule has 62 heteroatoms. The number of unbranched alkanes of at least 4 members (excludes halogenated alkanes) is 2. The molecule has 11 aromatic rings. The normalized spacial score (nSPS) is 8.95. The molecule has 0 aromatic carbocycles. The van der Waals surface area contributed by atoms with Crippen LogP contribution in [0.4, 0.5) is 55.3 Å². The molecule has 0 unspecified atom stereocenters. The number of nitrogen functional groups attached to an aromatic ring is 8. The van der Waals surface area contributed by atoms with Crippen molar-refractivity contribution in [2.24, 2.45) is 0 Å². The van der Waals surface area contributed by atoms with Crippen LogP contribution in [0.25, 0.3) is 0 Å². The number of carbonyl (C=O) groups is 2. The maximum Gasteiger partial charge on any atom is 1.00 e. The first kappa shape index (κ1) is 145. The summed E-state index contributed by atoms with van der Waals surface area (Å²) in [7, 11) is 0. The van der Waals surface area contributed by atoms with Crippen LogP contribution in [0, 0.1) is 25.2 Å². The first-order valence-corrected chi connectivity index (χ1v) is 45.3. The van der Waals surface area contributed by atoms with Crippen LogP contribution in [-0.4, -0.2) is 156 Å². The second kappa shape index (κ2) is 89.8. The van der Waals surface area contributed by atoms with Gasteiger partial charge < -0.3 is 85.4 Å². The minimum absolute atomic E-state index is 0. The minimum Gasteiger partial charge on any atom is -0.813 e. The number of hydrogen-bond acceptors (Lipinski definition) is 41. The molecular weight excluding hydrogens is 2400 g/mol. The van der Waals surface area contributed by atoms with E-state index in [1.54, 1.807) is 50.5 Å². The van der Waals surface area contributed by atoms with Gasteiger partial charge in [0.25, 0.3) is 0 Å². The predicted octanol–water partition coefficient (Wildman–Crippen LogP) is 17.6. The van der Waals surface area contributed by atoms with E-state index in [0.717, 1.165) is 15.1 Å². The van der Waals surface area contributed by atoms with Crippen molar-refractivity contribution in [1.82, 2.24) is 95.9 Å². The summed E-state index contributed by atoms with van der Waals surface area (Å²) in [6.45, 7) is 8.66. The zero-order valence-electron chi connectivity index (χ0n) is 67.6. The summed E-state index contributed by atoms with van der Waals surface area (Å²) in [6.07, 6.45) is 24.1. The van der Waals surface area contributed by atoms with Crippen molar-refractivity contribution in [1.29, 1.82) is 0 Å². The zero-order chi connectivity index (χ0) is 96.2. The van der Waals surface area contributed by atoms with E-state index in [9.17, 15) is 18.4 Å². The SMILES string of the molecule is C.C.CCCCS.CCCCS.CCOC(=O)CCSc1ncc(Cl)nc1N.CCOC(=O)CCSc1ncc(Cl)nc1N.Clc1cnc(Cl)c(Cl)n1.Fc1nccc(I)c1Cl.Fc1ncccc1Cl.N.Nc1[c-]ncc(Cl)n1.Nc1nc(Cl)cnc1Cl.Nc1nc(Cl)cnc1Cl.Nc1nc(Cl)cnc1Sc1ccnc(N)c1Cl.Nc1nccc(I)c1Cl.O.O=C=O.O=C=O.[Na+].[SH-]. The maximum absolute atomic E-state index is 12.3. The van der Waals surface area contributed by atoms with Gasteiger partial charge in [-0.05, 0) is 114 Å². The van der Waals surface area contributed by atoms with Gasteiger partial charge in [0.2, 0.25) is 11.9 Å². The zero-order valence-corrected chi connectivity index (χ0v) is 90.4. The van der Waals surface area contributed by atoms with Gasteiger partial charge in [0, 0.05) is 54.1 Å². The molecule has 0 aliphatic carbocycles. The van der Waals surface area contributed by atoms with Gasteiger partial charge in [-0.25, -0.2) is 79.7 Å². The Morgan fingerprint density at radius 2 is 0.780 bits per heavy atom. The molecule has 0 aliphatic heterocycles. The van der Waals surface area contributed by atoms with Gasteiger partial charge in [0.15, 0.2) is 49.7 Å². The number of carbonyl (C=O) groups excluding carboxylic acids is 6. The molecule has 724 valence electrons. The molecule has 0 saturated carbocycles. The number of esters is 2. The smallest absolute Gasteiger partial charge is 0.813 e. The summed E-state index contributed by atoms with van der Waals surface area (Å²) >= 11 is 98.5. The van der Waals surface area contributed by atoms with E-state index in [4.69, 9.17) is 249 Å². The number of hydrogen-bond donors (Lipinski definition) is 11. The van der Waals surface area contributed by atoms with Crippen LogP contribution in [0.1, 0.15) is 81.1 Å². The minimum atomic E-state index is -0.617. The van der Waals surface area contributed by atoms with Gasteiger partial charge in [-0.2, -0.15) is 53.2 Å². The predicted molar refractivity (Wildman–Crippen MR) is 552 cm³/mol. The summed E-state index contributed by atoms with van der Waals surface area (Å²) in [5.74, 6) is 3.50. The van der Waals surface area contributed by atoms with Crippen molar-refractivity contribution in [2.75, 3.05) is 82.1 Å². The first-order chi connectivity index (χ1) is 59.6. The molecule has 0 amide bonds. The van der Waals surface area contributed by atoms with Crippen LogP contribution in [-0.2, 0) is 51.7 Å². The summed E-state index contributed by atoms with van der Waals surface area (Å²) in [4.78, 5) is 122. The van der Waals surface area contributed by atoms with Crippen LogP contribution in [0.5, 0.6) is 0 Å². The molecule has 11 heterocycles. The molecule has 11 rings (SSSR count). The van der Waals surface area contributed by atoms with Crippen LogP contribution in [0.2, 0.25) is 76.8 Å². The summed E-state index contributed by atoms with van der Waals surface area (Å²) < 4.78 is 35.6. The first-order valence-electron chi connectivity index (χ1n) is 33.4. The van der Waals surface area contributed by atoms with Gasteiger partial charge in [0.1, 0.15) is 62.7 Å². The van der Waals surface area contributed by atoms with Gasteiger partial charge in [-0.1, -0.05) is 234 Å². The number of thiol groups is 3. The molecule has 0 atom stereocenters. The molecule has 36 nitrogen and oxygen atoms in total. The molecule has 0 radical (unpaired) electrons. The third-order valence-electron chi connectivity index (χ3n) is 11.1. The number of pyridine rings is 4. The van der Waals surface area contributed by atoms with Crippen molar-refractivity contribution >= 4 is 364 Å². The van der Waals surface area contributed by atoms with E-state index >= 15 is 0 Å². The number of ether oxygens (including phenoxy) is 2. The number of rotatable bonds is 16. The Morgan fingerprint density at radius 3 is 1.06 bits per heavy atom. The van der Waals surface area contributed by atoms with Crippen molar-refractivity contribution in [2.45, 2.75) is 101 Å². The monoisotopic (exact) mass is 2480 g/mol. The van der Waals surface area contributed by atoms with E-state index < -0.39 is 11.9 Å². The Hall–Kier alpha value is -5.05. The number of thioether (sulfide) groups is 2. The fourth-order valence-corrected chi connectivity index (χ4v) is 11.7. The molecule has 0 bridgehead atoms. The number of nitrogens with two attached hydrogens (primary N) is 8. The number of halogens is 19. The van der Waals surface area contributed by atoms with E-state index in [2.05, 4.69) is 158 Å². The van der Waals surface area contributed by atoms with Gasteiger partial charge in [-0.3, -0.25) is 14.6 Å². The third-order valence-corrected chi connectivity index (χ3v) is 21.3. The molecule has 0 spiro atoms. The van der Waals surface area contributed by atoms with Crippen LogP contribution >= 0.6 is 280 Å². The molecule has 0 aliphatic rings. The van der Waals surface area contributed by atoms with Crippen molar-refractivity contribution < 1.29 is 82.1 Å². The Bertz CT molecular complexity index is 4780. The summed E-state index contributed by atoms with van der Waals surface area (Å²) in [6, 6.07) is 8.19. The van der Waals surface area contributed by atoms with Crippen LogP contribution in [0.15, 0.2) is 118 Å². The van der Waals surface area contributed by atoms with E-state index in [1.807, 2.05) is 22.6 Å². The fraction of sp³-hybridized carbons (Fsp3) is 0.257. The Labute approximate surface area is 914 Å². The second-order valence-corrected chi connectivity index (χ2v) is 32.4. The van der Waals surface area contributed by atoms with E-state index in [-0.39, 0.29) is 196 Å². The van der Waals surface area contributed by atoms with Gasteiger partial charge >= 0.3 is 53.8 Å². The average molecular weight is 2490 g/mol. The Kier molecular flexibility index (Phi) is 98.5. The molecule has 0 fully saturated rings. The molecule has 21 N–H and O–H groups in total. The second-order valence-electron chi connectivity index (χ2n) is 20.3. The number of aromatic nitrogens is 18. The number of nitrogens with zero attached hydrogens (tertiary/aromatic N) is 18. The molecule has 11 aromatic heterocycles. The fourth-order valence-electron chi connectivity index (χ4n) is 5.86. The van der Waals surface area contributed by atoms with Crippen LogP contribution in [0.3, 0.4) is 0 Å². The van der Waals surface area contributed by atoms with E-state index in [1.165, 1.54) is 123 Å². The standard InChI is InChI=1S/C9H7Cl2N5S.2C9H12ClN3O2S.C5H2ClFIN.C5H3ClFN.C5H4ClIN2.C4HCl3N2.2C4H3Cl2N3.C4H3ClN3.2C4H10S.2CO2.2CH4.H3N.Na.H2O.H2S/c10-5-3-15-9(8(13)16-5)17-4-1-2-14-7(12)6(4)11;2*1-2-15-7(14)3-4-16-9-8(11)13-6(10)5-12-9;6-4-3(8)1-2-9-5(4)7;6-4-2-1-3-8-5(4)7;6-4-3(7)1-2-9-5(4)8;3*5-2-1-8-3(6)4(7)9-2;5-3-1-7-2-4(6)8-3;2*1-2-3-4-5;2*2-1-3;;;;;;/h1-3H,(H2,12,14)(H2,13,16);2*5H,2-4H2,1H3,(H2,11,13);1-2H;1-3H;1-2H,(H2,8,9);1H;2*1H,(H2,7,9);1H,(H2,6,8);2*5H,2-4H2,1H3;;;2*1H4;1H3;;2*1H2/q;;;;;;;;;-1;;;;;;;;+1;;/p-1. The van der Waals surface area contributed by atoms with Gasteiger partial charge in [-0.15, -0.1) is 29.7 Å². The van der Waals surface area contributed by atoms with E-state index in [0.29, 0.717) is 82.1 Å².